The minimum absolute atomic E-state index is 0.00678. The number of likely N-dealkylation sites (tertiary alicyclic amines) is 1. The SMILES string of the molecule is C=C[C@@H]1C[C@@]1(C(=O)NS(=O)(=O)C1CC1)N1C[C@H](Oc2ncc(OC)c3ccc(Cl)cc23)C[C@H]1C(=O)NC(=O)[C@H](Nc1cccc(S(N)(=O)=O)c1)C(C)(C)C. The van der Waals surface area contributed by atoms with Crippen LogP contribution in [0.2, 0.25) is 5.02 Å². The van der Waals surface area contributed by atoms with Crippen molar-refractivity contribution >= 4 is 65.8 Å². The molecule has 2 aromatic carbocycles. The third-order valence-electron chi connectivity index (χ3n) is 10.1. The van der Waals surface area contributed by atoms with Gasteiger partial charge in [-0.05, 0) is 61.1 Å². The second-order valence-electron chi connectivity index (χ2n) is 15.0. The van der Waals surface area contributed by atoms with Crippen LogP contribution in [0.3, 0.4) is 0 Å². The number of nitrogens with two attached hydrogens (primary N) is 1. The number of sulfonamides is 2. The number of benzene rings is 2. The van der Waals surface area contributed by atoms with Gasteiger partial charge < -0.3 is 14.8 Å². The largest absolute Gasteiger partial charge is 0.494 e. The van der Waals surface area contributed by atoms with Gasteiger partial charge in [0.25, 0.3) is 5.91 Å². The summed E-state index contributed by atoms with van der Waals surface area (Å²) < 4.78 is 64.0. The lowest BCUT2D eigenvalue weighted by atomic mass is 9.85. The Kier molecular flexibility index (Phi) is 10.5. The van der Waals surface area contributed by atoms with E-state index in [4.69, 9.17) is 26.2 Å². The van der Waals surface area contributed by atoms with E-state index < -0.39 is 78.1 Å². The van der Waals surface area contributed by atoms with Crippen molar-refractivity contribution in [1.82, 2.24) is 19.9 Å². The molecule has 1 aliphatic heterocycles. The fourth-order valence-corrected chi connectivity index (χ4v) is 9.08. The standard InChI is InChI=1S/C36H43ClN6O9S2/c1-6-20-17-36(20,34(46)42-54(49,50)24-11-12-24)43-19-23(52-33-27-14-21(37)10-13-26(27)29(51-5)18-39-33)16-28(43)31(44)41-32(45)30(35(2,3)4)40-22-8-7-9-25(15-22)53(38,47)48/h6-10,13-15,18,20,23-24,28,30,40H,1,11-12,16-17,19H2,2-5H3,(H,42,46)(H2,38,47,48)(H,41,44,45)/t20-,23-,28+,30+,36-/m1/s1. The van der Waals surface area contributed by atoms with Crippen LogP contribution in [0.25, 0.3) is 10.8 Å². The minimum Gasteiger partial charge on any atom is -0.494 e. The van der Waals surface area contributed by atoms with Gasteiger partial charge in [-0.1, -0.05) is 44.5 Å². The monoisotopic (exact) mass is 802 g/mol. The number of pyridine rings is 1. The van der Waals surface area contributed by atoms with Gasteiger partial charge in [0.05, 0.1) is 29.5 Å². The average Bonchev–Trinajstić information content (AvgIpc) is 4.03. The fourth-order valence-electron chi connectivity index (χ4n) is 6.99. The van der Waals surface area contributed by atoms with Crippen molar-refractivity contribution in [3.05, 3.63) is 66.3 Å². The van der Waals surface area contributed by atoms with E-state index in [0.29, 0.717) is 34.4 Å². The number of aromatic nitrogens is 1. The van der Waals surface area contributed by atoms with Gasteiger partial charge in [-0.15, -0.1) is 6.58 Å². The van der Waals surface area contributed by atoms with E-state index >= 15 is 0 Å². The number of hydrogen-bond donors (Lipinski definition) is 4. The molecule has 1 aromatic heterocycles. The van der Waals surface area contributed by atoms with Gasteiger partial charge in [0, 0.05) is 40.4 Å². The van der Waals surface area contributed by atoms with Crippen LogP contribution in [-0.2, 0) is 34.4 Å². The summed E-state index contributed by atoms with van der Waals surface area (Å²) in [7, 11) is -6.48. The highest BCUT2D eigenvalue weighted by Crippen LogP contribution is 2.53. The third-order valence-corrected chi connectivity index (χ3v) is 13.0. The maximum absolute atomic E-state index is 14.3. The number of nitrogens with zero attached hydrogens (tertiary/aromatic N) is 2. The Morgan fingerprint density at radius 3 is 2.44 bits per heavy atom. The number of anilines is 1. The van der Waals surface area contributed by atoms with E-state index in [1.807, 2.05) is 0 Å². The number of methoxy groups -OCH3 is 1. The predicted molar refractivity (Wildman–Crippen MR) is 202 cm³/mol. The van der Waals surface area contributed by atoms with Crippen LogP contribution in [-0.4, -0.2) is 87.1 Å². The predicted octanol–water partition coefficient (Wildman–Crippen LogP) is 3.09. The van der Waals surface area contributed by atoms with Crippen molar-refractivity contribution in [2.75, 3.05) is 19.0 Å². The number of amides is 3. The van der Waals surface area contributed by atoms with E-state index in [9.17, 15) is 31.2 Å². The van der Waals surface area contributed by atoms with Crippen molar-refractivity contribution in [3.8, 4) is 11.6 Å². The summed E-state index contributed by atoms with van der Waals surface area (Å²) in [4.78, 5) is 48.1. The molecule has 0 bridgehead atoms. The Morgan fingerprint density at radius 2 is 1.83 bits per heavy atom. The Balaban J connectivity index is 1.32. The highest BCUT2D eigenvalue weighted by Gasteiger charge is 2.67. The first-order valence-electron chi connectivity index (χ1n) is 17.3. The Hall–Kier alpha value is -4.29. The van der Waals surface area contributed by atoms with E-state index in [1.165, 1.54) is 31.5 Å². The molecule has 5 atom stereocenters. The number of hydrogen-bond acceptors (Lipinski definition) is 12. The summed E-state index contributed by atoms with van der Waals surface area (Å²) in [5, 5.41) is 11.8. The number of ether oxygens (including phenoxy) is 2. The Morgan fingerprint density at radius 1 is 1.11 bits per heavy atom. The molecule has 0 unspecified atom stereocenters. The summed E-state index contributed by atoms with van der Waals surface area (Å²) in [6.45, 7) is 9.15. The number of primary sulfonamides is 1. The molecule has 3 aromatic rings. The summed E-state index contributed by atoms with van der Waals surface area (Å²) >= 11 is 6.33. The van der Waals surface area contributed by atoms with Crippen molar-refractivity contribution in [2.24, 2.45) is 16.5 Å². The molecule has 3 aliphatic rings. The molecule has 54 heavy (non-hydrogen) atoms. The maximum atomic E-state index is 14.3. The molecule has 18 heteroatoms. The number of halogens is 1. The molecule has 0 radical (unpaired) electrons. The minimum atomic E-state index is -4.04. The number of rotatable bonds is 13. The zero-order valence-electron chi connectivity index (χ0n) is 30.2. The first kappa shape index (κ1) is 39.4. The van der Waals surface area contributed by atoms with Crippen molar-refractivity contribution in [3.63, 3.8) is 0 Å². The van der Waals surface area contributed by atoms with Crippen LogP contribution in [0.1, 0.15) is 46.5 Å². The third kappa shape index (κ3) is 7.91. The summed E-state index contributed by atoms with van der Waals surface area (Å²) in [5.41, 5.74) is -1.99. The zero-order valence-corrected chi connectivity index (χ0v) is 32.6. The molecule has 6 rings (SSSR count). The lowest BCUT2D eigenvalue weighted by Gasteiger charge is -2.34. The number of carbonyl (C=O) groups is 3. The summed E-state index contributed by atoms with van der Waals surface area (Å²) in [5.74, 6) is -2.09. The van der Waals surface area contributed by atoms with E-state index in [0.717, 1.165) is 0 Å². The van der Waals surface area contributed by atoms with Gasteiger partial charge in [0.1, 0.15) is 23.4 Å². The van der Waals surface area contributed by atoms with Crippen LogP contribution >= 0.6 is 11.6 Å². The molecule has 0 spiro atoms. The topological polar surface area (TPSA) is 216 Å². The maximum Gasteiger partial charge on any atom is 0.254 e. The zero-order chi connectivity index (χ0) is 39.4. The first-order valence-corrected chi connectivity index (χ1v) is 20.7. The first-order chi connectivity index (χ1) is 25.3. The smallest absolute Gasteiger partial charge is 0.254 e. The molecule has 5 N–H and O–H groups in total. The number of nitrogens with one attached hydrogen (secondary N) is 3. The van der Waals surface area contributed by atoms with Gasteiger partial charge in [-0.2, -0.15) is 0 Å². The van der Waals surface area contributed by atoms with Gasteiger partial charge in [0.2, 0.25) is 37.7 Å². The second-order valence-corrected chi connectivity index (χ2v) is 18.9. The normalized spacial score (nSPS) is 23.6. The van der Waals surface area contributed by atoms with E-state index in [1.54, 1.807) is 56.0 Å². The quantitative estimate of drug-likeness (QED) is 0.184. The molecular weight excluding hydrogens is 760 g/mol. The van der Waals surface area contributed by atoms with Crippen LogP contribution < -0.4 is 30.0 Å². The fraction of sp³-hybridized carbons (Fsp3) is 0.444. The van der Waals surface area contributed by atoms with Gasteiger partial charge in [0.15, 0.2) is 0 Å². The number of carbonyl (C=O) groups excluding carboxylic acids is 3. The van der Waals surface area contributed by atoms with Gasteiger partial charge in [-0.3, -0.25) is 29.3 Å². The molecule has 3 amide bonds. The Labute approximate surface area is 319 Å². The highest BCUT2D eigenvalue weighted by atomic mass is 35.5. The highest BCUT2D eigenvalue weighted by molar-refractivity contribution is 7.91. The molecule has 15 nitrogen and oxygen atoms in total. The summed E-state index contributed by atoms with van der Waals surface area (Å²) in [6.07, 6.45) is 3.34. The molecular formula is C36H43ClN6O9S2. The summed E-state index contributed by atoms with van der Waals surface area (Å²) in [6, 6.07) is 8.57. The molecule has 290 valence electrons. The molecule has 2 aliphatic carbocycles. The number of imide groups is 1. The van der Waals surface area contributed by atoms with Crippen LogP contribution in [0, 0.1) is 11.3 Å². The molecule has 3 fully saturated rings. The van der Waals surface area contributed by atoms with Crippen molar-refractivity contribution in [1.29, 1.82) is 0 Å². The van der Waals surface area contributed by atoms with Crippen molar-refractivity contribution in [2.45, 2.75) is 80.3 Å². The lowest BCUT2D eigenvalue weighted by Crippen LogP contribution is -2.59. The average molecular weight is 803 g/mol. The lowest BCUT2D eigenvalue weighted by molar-refractivity contribution is -0.136. The van der Waals surface area contributed by atoms with Crippen LogP contribution in [0.15, 0.2) is 66.2 Å². The Bertz CT molecular complexity index is 2240. The number of fused-ring (bicyclic) bond motifs is 1. The van der Waals surface area contributed by atoms with Crippen LogP contribution in [0.4, 0.5) is 5.69 Å². The van der Waals surface area contributed by atoms with E-state index in [-0.39, 0.29) is 35.8 Å². The van der Waals surface area contributed by atoms with Crippen molar-refractivity contribution < 1.29 is 40.7 Å². The van der Waals surface area contributed by atoms with Gasteiger partial charge >= 0.3 is 0 Å². The molecule has 2 saturated carbocycles. The molecule has 2 heterocycles. The van der Waals surface area contributed by atoms with Crippen LogP contribution in [0.5, 0.6) is 11.6 Å². The molecule has 1 saturated heterocycles. The second kappa shape index (κ2) is 14.4. The van der Waals surface area contributed by atoms with E-state index in [2.05, 4.69) is 26.9 Å². The van der Waals surface area contributed by atoms with Gasteiger partial charge in [-0.25, -0.2) is 27.0 Å².